The number of benzene rings is 3. The van der Waals surface area contributed by atoms with Crippen molar-refractivity contribution in [3.05, 3.63) is 77.7 Å². The minimum Gasteiger partial charge on any atom is -0.246 e. The van der Waals surface area contributed by atoms with Crippen LogP contribution in [0.25, 0.3) is 43.0 Å². The number of fused-ring (bicyclic) bond motifs is 4. The highest BCUT2D eigenvalue weighted by Crippen LogP contribution is 2.38. The van der Waals surface area contributed by atoms with Gasteiger partial charge in [-0.2, -0.15) is 0 Å². The van der Waals surface area contributed by atoms with E-state index >= 15 is 0 Å². The van der Waals surface area contributed by atoms with Crippen molar-refractivity contribution in [2.24, 2.45) is 0 Å². The highest BCUT2D eigenvalue weighted by atomic mass is 32.1. The lowest BCUT2D eigenvalue weighted by Gasteiger charge is -2.11. The number of hydrogen-bond donors (Lipinski definition) is 0. The fourth-order valence-corrected chi connectivity index (χ4v) is 4.38. The van der Waals surface area contributed by atoms with Crippen molar-refractivity contribution in [1.29, 1.82) is 0 Å². The van der Waals surface area contributed by atoms with Gasteiger partial charge in [0.1, 0.15) is 0 Å². The molecule has 0 spiro atoms. The monoisotopic (exact) mass is 325 g/mol. The van der Waals surface area contributed by atoms with Crippen LogP contribution in [-0.2, 0) is 0 Å². The summed E-state index contributed by atoms with van der Waals surface area (Å²) in [5, 5.41) is 7.24. The van der Waals surface area contributed by atoms with Gasteiger partial charge in [-0.15, -0.1) is 11.3 Å². The van der Waals surface area contributed by atoms with Gasteiger partial charge in [-0.1, -0.05) is 48.5 Å². The number of pyridine rings is 1. The summed E-state index contributed by atoms with van der Waals surface area (Å²) in [6.45, 7) is 2.18. The number of thiophene rings is 1. The van der Waals surface area contributed by atoms with Gasteiger partial charge in [-0.3, -0.25) is 0 Å². The maximum absolute atomic E-state index is 5.02. The molecule has 2 heteroatoms. The summed E-state index contributed by atoms with van der Waals surface area (Å²) in [5.41, 5.74) is 4.66. The third-order valence-corrected chi connectivity index (χ3v) is 5.58. The normalized spacial score (nSPS) is 11.5. The predicted molar refractivity (Wildman–Crippen MR) is 105 cm³/mol. The second-order valence-electron chi connectivity index (χ2n) is 6.16. The Hall–Kier alpha value is -2.71. The Labute approximate surface area is 144 Å². The molecule has 0 bridgehead atoms. The van der Waals surface area contributed by atoms with Gasteiger partial charge < -0.3 is 0 Å². The molecule has 0 N–H and O–H groups in total. The Balaban J connectivity index is 1.91. The van der Waals surface area contributed by atoms with E-state index in [9.17, 15) is 0 Å². The Morgan fingerprint density at radius 1 is 0.792 bits per heavy atom. The SMILES string of the molecule is Cc1cc2ccccc2cc1-c1nc2ccccc2c2ccsc12. The molecule has 0 amide bonds. The average Bonchev–Trinajstić information content (AvgIpc) is 3.10. The summed E-state index contributed by atoms with van der Waals surface area (Å²) in [5.74, 6) is 0. The minimum atomic E-state index is 1.06. The van der Waals surface area contributed by atoms with Crippen LogP contribution in [0.2, 0.25) is 0 Å². The van der Waals surface area contributed by atoms with E-state index in [-0.39, 0.29) is 0 Å². The van der Waals surface area contributed by atoms with Crippen molar-refractivity contribution in [2.45, 2.75) is 6.92 Å². The van der Waals surface area contributed by atoms with E-state index in [1.54, 1.807) is 11.3 Å². The van der Waals surface area contributed by atoms with Crippen molar-refractivity contribution in [3.8, 4) is 11.3 Å². The number of aryl methyl sites for hydroxylation is 1. The van der Waals surface area contributed by atoms with Gasteiger partial charge in [0.15, 0.2) is 0 Å². The maximum Gasteiger partial charge on any atom is 0.0890 e. The smallest absolute Gasteiger partial charge is 0.0890 e. The third-order valence-electron chi connectivity index (χ3n) is 4.65. The van der Waals surface area contributed by atoms with Gasteiger partial charge in [0.25, 0.3) is 0 Å². The van der Waals surface area contributed by atoms with Crippen LogP contribution in [0.15, 0.2) is 72.1 Å². The first-order valence-corrected chi connectivity index (χ1v) is 8.95. The molecule has 0 aliphatic heterocycles. The molecule has 3 aromatic carbocycles. The van der Waals surface area contributed by atoms with E-state index in [0.717, 1.165) is 11.2 Å². The molecule has 0 fully saturated rings. The van der Waals surface area contributed by atoms with Crippen molar-refractivity contribution in [3.63, 3.8) is 0 Å². The minimum absolute atomic E-state index is 1.06. The summed E-state index contributed by atoms with van der Waals surface area (Å²) in [4.78, 5) is 5.02. The molecule has 0 saturated heterocycles. The van der Waals surface area contributed by atoms with E-state index in [0.29, 0.717) is 0 Å². The van der Waals surface area contributed by atoms with Crippen LogP contribution in [-0.4, -0.2) is 4.98 Å². The zero-order valence-electron chi connectivity index (χ0n) is 13.3. The number of aromatic nitrogens is 1. The number of rotatable bonds is 1. The molecule has 0 aliphatic carbocycles. The van der Waals surface area contributed by atoms with E-state index in [1.165, 1.54) is 37.4 Å². The molecule has 0 aliphatic rings. The Kier molecular flexibility index (Phi) is 2.94. The van der Waals surface area contributed by atoms with Crippen molar-refractivity contribution in [1.82, 2.24) is 4.98 Å². The lowest BCUT2D eigenvalue weighted by atomic mass is 9.98. The van der Waals surface area contributed by atoms with Crippen LogP contribution in [0.1, 0.15) is 5.56 Å². The molecule has 0 atom stereocenters. The first-order valence-electron chi connectivity index (χ1n) is 8.07. The van der Waals surface area contributed by atoms with Crippen molar-refractivity contribution < 1.29 is 0 Å². The van der Waals surface area contributed by atoms with E-state index < -0.39 is 0 Å². The molecular formula is C22H15NS. The summed E-state index contributed by atoms with van der Waals surface area (Å²) in [6.07, 6.45) is 0. The fourth-order valence-electron chi connectivity index (χ4n) is 3.47. The van der Waals surface area contributed by atoms with Gasteiger partial charge in [0.2, 0.25) is 0 Å². The summed E-state index contributed by atoms with van der Waals surface area (Å²) in [6, 6.07) is 23.7. The maximum atomic E-state index is 5.02. The van der Waals surface area contributed by atoms with Gasteiger partial charge >= 0.3 is 0 Å². The molecule has 0 saturated carbocycles. The molecule has 5 rings (SSSR count). The molecule has 1 nitrogen and oxygen atoms in total. The second kappa shape index (κ2) is 5.15. The van der Waals surface area contributed by atoms with Crippen LogP contribution in [0.5, 0.6) is 0 Å². The highest BCUT2D eigenvalue weighted by molar-refractivity contribution is 7.17. The van der Waals surface area contributed by atoms with Gasteiger partial charge in [-0.25, -0.2) is 4.98 Å². The molecule has 114 valence electrons. The Morgan fingerprint density at radius 3 is 2.42 bits per heavy atom. The first kappa shape index (κ1) is 13.7. The van der Waals surface area contributed by atoms with Crippen molar-refractivity contribution in [2.75, 3.05) is 0 Å². The number of hydrogen-bond acceptors (Lipinski definition) is 2. The zero-order valence-corrected chi connectivity index (χ0v) is 14.1. The van der Waals surface area contributed by atoms with Crippen LogP contribution in [0.4, 0.5) is 0 Å². The fraction of sp³-hybridized carbons (Fsp3) is 0.0455. The number of para-hydroxylation sites is 1. The average molecular weight is 325 g/mol. The van der Waals surface area contributed by atoms with Crippen molar-refractivity contribution >= 4 is 43.1 Å². The quantitative estimate of drug-likeness (QED) is 0.339. The molecule has 2 aromatic heterocycles. The van der Waals surface area contributed by atoms with E-state index in [2.05, 4.69) is 79.0 Å². The van der Waals surface area contributed by atoms with Crippen LogP contribution < -0.4 is 0 Å². The molecular weight excluding hydrogens is 310 g/mol. The molecule has 5 aromatic rings. The first-order chi connectivity index (χ1) is 11.8. The Bertz CT molecular complexity index is 1220. The van der Waals surface area contributed by atoms with E-state index in [4.69, 9.17) is 4.98 Å². The molecule has 2 heterocycles. The van der Waals surface area contributed by atoms with Crippen LogP contribution in [0, 0.1) is 6.92 Å². The zero-order chi connectivity index (χ0) is 16.1. The van der Waals surface area contributed by atoms with Crippen LogP contribution in [0.3, 0.4) is 0 Å². The van der Waals surface area contributed by atoms with Gasteiger partial charge in [-0.05, 0) is 46.8 Å². The van der Waals surface area contributed by atoms with Gasteiger partial charge in [0, 0.05) is 16.3 Å². The highest BCUT2D eigenvalue weighted by Gasteiger charge is 2.13. The Morgan fingerprint density at radius 2 is 1.54 bits per heavy atom. The number of nitrogens with zero attached hydrogens (tertiary/aromatic N) is 1. The lowest BCUT2D eigenvalue weighted by Crippen LogP contribution is -1.90. The van der Waals surface area contributed by atoms with Crippen LogP contribution >= 0.6 is 11.3 Å². The van der Waals surface area contributed by atoms with E-state index in [1.807, 2.05) is 0 Å². The topological polar surface area (TPSA) is 12.9 Å². The van der Waals surface area contributed by atoms with Gasteiger partial charge in [0.05, 0.1) is 15.9 Å². The summed E-state index contributed by atoms with van der Waals surface area (Å²) in [7, 11) is 0. The second-order valence-corrected chi connectivity index (χ2v) is 7.07. The largest absolute Gasteiger partial charge is 0.246 e. The molecule has 0 unspecified atom stereocenters. The standard InChI is InChI=1S/C22H15NS/c1-14-12-15-6-2-3-7-16(15)13-19(14)21-22-18(10-11-24-22)17-8-4-5-9-20(17)23-21/h2-13H,1H3. The summed E-state index contributed by atoms with van der Waals surface area (Å²) < 4.78 is 1.27. The lowest BCUT2D eigenvalue weighted by molar-refractivity contribution is 1.40. The molecule has 24 heavy (non-hydrogen) atoms. The third kappa shape index (κ3) is 1.97. The molecule has 0 radical (unpaired) electrons. The predicted octanol–water partition coefficient (Wildman–Crippen LogP) is 6.58. The summed E-state index contributed by atoms with van der Waals surface area (Å²) >= 11 is 1.78.